The number of carbonyl (C=O) groups excluding carboxylic acids is 1. The third-order valence-corrected chi connectivity index (χ3v) is 2.47. The average molecular weight is 230 g/mol. The summed E-state index contributed by atoms with van der Waals surface area (Å²) >= 11 is 11.6. The molecule has 1 aromatic rings. The number of hydrogen-bond donors (Lipinski definition) is 1. The lowest BCUT2D eigenvalue weighted by molar-refractivity contribution is 0.0951. The summed E-state index contributed by atoms with van der Waals surface area (Å²) in [5.41, 5.74) is 0.523. The van der Waals surface area contributed by atoms with E-state index in [1.165, 1.54) is 0 Å². The van der Waals surface area contributed by atoms with Crippen LogP contribution in [0.4, 0.5) is 0 Å². The van der Waals surface area contributed by atoms with Crippen molar-refractivity contribution in [3.8, 4) is 0 Å². The van der Waals surface area contributed by atoms with Crippen LogP contribution in [0.1, 0.15) is 23.2 Å². The molecular formula is C10H9Cl2NO. The molecule has 0 aromatic heterocycles. The Bertz CT molecular complexity index is 354. The Kier molecular flexibility index (Phi) is 2.66. The highest BCUT2D eigenvalue weighted by Crippen LogP contribution is 2.22. The van der Waals surface area contributed by atoms with Crippen LogP contribution >= 0.6 is 23.2 Å². The van der Waals surface area contributed by atoms with Crippen molar-refractivity contribution >= 4 is 29.1 Å². The summed E-state index contributed by atoms with van der Waals surface area (Å²) in [6, 6.07) is 5.19. The van der Waals surface area contributed by atoms with Gasteiger partial charge in [0.25, 0.3) is 5.91 Å². The molecule has 1 fully saturated rings. The summed E-state index contributed by atoms with van der Waals surface area (Å²) in [5, 5.41) is 3.84. The molecule has 1 N–H and O–H groups in total. The highest BCUT2D eigenvalue weighted by atomic mass is 35.5. The SMILES string of the molecule is O=C(NC1CC1)c1cc(Cl)cc(Cl)c1. The predicted octanol–water partition coefficient (Wildman–Crippen LogP) is 2.89. The molecule has 0 aliphatic heterocycles. The fourth-order valence-electron chi connectivity index (χ4n) is 1.18. The molecule has 74 valence electrons. The maximum Gasteiger partial charge on any atom is 0.251 e. The van der Waals surface area contributed by atoms with Crippen molar-refractivity contribution in [3.63, 3.8) is 0 Å². The molecule has 0 spiro atoms. The summed E-state index contributed by atoms with van der Waals surface area (Å²) in [4.78, 5) is 11.6. The first-order chi connectivity index (χ1) is 6.65. The molecule has 0 unspecified atom stereocenters. The smallest absolute Gasteiger partial charge is 0.251 e. The first kappa shape index (κ1) is 9.81. The molecule has 0 heterocycles. The van der Waals surface area contributed by atoms with Gasteiger partial charge in [-0.2, -0.15) is 0 Å². The average Bonchev–Trinajstić information content (AvgIpc) is 2.86. The lowest BCUT2D eigenvalue weighted by Crippen LogP contribution is -2.25. The van der Waals surface area contributed by atoms with Crippen LogP contribution in [0.25, 0.3) is 0 Å². The predicted molar refractivity (Wildman–Crippen MR) is 57.0 cm³/mol. The van der Waals surface area contributed by atoms with E-state index in [4.69, 9.17) is 23.2 Å². The third kappa shape index (κ3) is 2.40. The van der Waals surface area contributed by atoms with Crippen molar-refractivity contribution in [1.29, 1.82) is 0 Å². The van der Waals surface area contributed by atoms with E-state index in [0.29, 0.717) is 21.7 Å². The summed E-state index contributed by atoms with van der Waals surface area (Å²) in [5.74, 6) is -0.100. The first-order valence-corrected chi connectivity index (χ1v) is 5.18. The molecule has 1 aliphatic rings. The molecule has 14 heavy (non-hydrogen) atoms. The molecule has 0 bridgehead atoms. The summed E-state index contributed by atoms with van der Waals surface area (Å²) in [6.45, 7) is 0. The Labute approximate surface area is 92.2 Å². The number of benzene rings is 1. The van der Waals surface area contributed by atoms with Gasteiger partial charge in [0.1, 0.15) is 0 Å². The van der Waals surface area contributed by atoms with Crippen molar-refractivity contribution in [1.82, 2.24) is 5.32 Å². The Morgan fingerprint density at radius 3 is 2.29 bits per heavy atom. The largest absolute Gasteiger partial charge is 0.349 e. The van der Waals surface area contributed by atoms with Gasteiger partial charge in [-0.15, -0.1) is 0 Å². The van der Waals surface area contributed by atoms with Gasteiger partial charge in [0.05, 0.1) is 0 Å². The van der Waals surface area contributed by atoms with Crippen LogP contribution in [0.5, 0.6) is 0 Å². The summed E-state index contributed by atoms with van der Waals surface area (Å²) in [7, 11) is 0. The van der Waals surface area contributed by atoms with Gasteiger partial charge in [-0.3, -0.25) is 4.79 Å². The van der Waals surface area contributed by atoms with Crippen molar-refractivity contribution in [2.24, 2.45) is 0 Å². The number of rotatable bonds is 2. The van der Waals surface area contributed by atoms with E-state index in [2.05, 4.69) is 5.32 Å². The van der Waals surface area contributed by atoms with Crippen molar-refractivity contribution < 1.29 is 4.79 Å². The van der Waals surface area contributed by atoms with Gasteiger partial charge in [-0.25, -0.2) is 0 Å². The topological polar surface area (TPSA) is 29.1 Å². The maximum atomic E-state index is 11.6. The number of halogens is 2. The second kappa shape index (κ2) is 3.79. The highest BCUT2D eigenvalue weighted by molar-refractivity contribution is 6.35. The quantitative estimate of drug-likeness (QED) is 0.831. The molecule has 0 radical (unpaired) electrons. The second-order valence-corrected chi connectivity index (χ2v) is 4.28. The molecule has 2 rings (SSSR count). The van der Waals surface area contributed by atoms with E-state index in [9.17, 15) is 4.79 Å². The van der Waals surface area contributed by atoms with E-state index >= 15 is 0 Å². The van der Waals surface area contributed by atoms with Gasteiger partial charge in [0, 0.05) is 21.7 Å². The second-order valence-electron chi connectivity index (χ2n) is 3.41. The van der Waals surface area contributed by atoms with Crippen LogP contribution in [0.15, 0.2) is 18.2 Å². The van der Waals surface area contributed by atoms with E-state index in [0.717, 1.165) is 12.8 Å². The highest BCUT2D eigenvalue weighted by Gasteiger charge is 2.23. The first-order valence-electron chi connectivity index (χ1n) is 4.42. The molecule has 0 saturated heterocycles. The number of nitrogens with one attached hydrogen (secondary N) is 1. The fraction of sp³-hybridized carbons (Fsp3) is 0.300. The van der Waals surface area contributed by atoms with Gasteiger partial charge in [-0.05, 0) is 31.0 Å². The number of amides is 1. The van der Waals surface area contributed by atoms with Crippen LogP contribution < -0.4 is 5.32 Å². The molecule has 1 aliphatic carbocycles. The zero-order valence-corrected chi connectivity index (χ0v) is 8.90. The van der Waals surface area contributed by atoms with Gasteiger partial charge < -0.3 is 5.32 Å². The molecule has 4 heteroatoms. The van der Waals surface area contributed by atoms with Gasteiger partial charge in [0.2, 0.25) is 0 Å². The van der Waals surface area contributed by atoms with Gasteiger partial charge in [-0.1, -0.05) is 23.2 Å². The van der Waals surface area contributed by atoms with E-state index in [-0.39, 0.29) is 5.91 Å². The third-order valence-electron chi connectivity index (χ3n) is 2.04. The Balaban J connectivity index is 2.17. The lowest BCUT2D eigenvalue weighted by Gasteiger charge is -2.03. The Morgan fingerprint density at radius 2 is 1.79 bits per heavy atom. The van der Waals surface area contributed by atoms with Crippen molar-refractivity contribution in [2.75, 3.05) is 0 Å². The Hall–Kier alpha value is -0.730. The van der Waals surface area contributed by atoms with Gasteiger partial charge >= 0.3 is 0 Å². The van der Waals surface area contributed by atoms with E-state index < -0.39 is 0 Å². The zero-order valence-electron chi connectivity index (χ0n) is 7.39. The minimum atomic E-state index is -0.100. The van der Waals surface area contributed by atoms with Gasteiger partial charge in [0.15, 0.2) is 0 Å². The minimum Gasteiger partial charge on any atom is -0.349 e. The van der Waals surface area contributed by atoms with Crippen LogP contribution in [-0.2, 0) is 0 Å². The van der Waals surface area contributed by atoms with Crippen molar-refractivity contribution in [2.45, 2.75) is 18.9 Å². The summed E-state index contributed by atoms with van der Waals surface area (Å²) < 4.78 is 0. The van der Waals surface area contributed by atoms with Crippen LogP contribution in [0.3, 0.4) is 0 Å². The Morgan fingerprint density at radius 1 is 1.21 bits per heavy atom. The fourth-order valence-corrected chi connectivity index (χ4v) is 1.71. The number of carbonyl (C=O) groups is 1. The normalized spacial score (nSPS) is 15.3. The standard InChI is InChI=1S/C10H9Cl2NO/c11-7-3-6(4-8(12)5-7)10(14)13-9-1-2-9/h3-5,9H,1-2H2,(H,13,14). The maximum absolute atomic E-state index is 11.6. The van der Waals surface area contributed by atoms with Crippen LogP contribution in [0, 0.1) is 0 Å². The molecular weight excluding hydrogens is 221 g/mol. The van der Waals surface area contributed by atoms with Crippen LogP contribution in [0.2, 0.25) is 10.0 Å². The van der Waals surface area contributed by atoms with E-state index in [1.54, 1.807) is 18.2 Å². The number of hydrogen-bond acceptors (Lipinski definition) is 1. The molecule has 1 saturated carbocycles. The van der Waals surface area contributed by atoms with Crippen molar-refractivity contribution in [3.05, 3.63) is 33.8 Å². The molecule has 1 amide bonds. The molecule has 1 aromatic carbocycles. The van der Waals surface area contributed by atoms with E-state index in [1.807, 2.05) is 0 Å². The zero-order chi connectivity index (χ0) is 10.1. The lowest BCUT2D eigenvalue weighted by atomic mass is 10.2. The van der Waals surface area contributed by atoms with Crippen LogP contribution in [-0.4, -0.2) is 11.9 Å². The molecule has 0 atom stereocenters. The summed E-state index contributed by atoms with van der Waals surface area (Å²) in [6.07, 6.45) is 2.14. The monoisotopic (exact) mass is 229 g/mol. The molecule has 2 nitrogen and oxygen atoms in total. The minimum absolute atomic E-state index is 0.100.